The highest BCUT2D eigenvalue weighted by Crippen LogP contribution is 2.07. The molecule has 0 spiro atoms. The highest BCUT2D eigenvalue weighted by atomic mass is 31.1. The van der Waals surface area contributed by atoms with E-state index in [0.717, 1.165) is 12.8 Å². The van der Waals surface area contributed by atoms with Crippen molar-refractivity contribution in [1.82, 2.24) is 0 Å². The molecule has 0 aliphatic heterocycles. The molecule has 0 rings (SSSR count). The van der Waals surface area contributed by atoms with Crippen LogP contribution in [-0.4, -0.2) is 12.8 Å². The number of hydrogen-bond donors (Lipinski definition) is 0. The van der Waals surface area contributed by atoms with Crippen molar-refractivity contribution in [1.29, 1.82) is 0 Å². The molecule has 1 nitrogen and oxygen atoms in total. The molecule has 0 heterocycles. The molecule has 0 saturated carbocycles. The van der Waals surface area contributed by atoms with Gasteiger partial charge in [0.1, 0.15) is 0 Å². The van der Waals surface area contributed by atoms with E-state index in [9.17, 15) is 0 Å². The topological polar surface area (TPSA) is 9.23 Å². The minimum Gasteiger partial charge on any atom is -0.363 e. The molecule has 0 aliphatic carbocycles. The molecular weight excluding hydrogens is 95.0 g/mol. The largest absolute Gasteiger partial charge is 0.363 e. The van der Waals surface area contributed by atoms with Gasteiger partial charge < -0.3 is 4.52 Å². The average Bonchev–Trinajstić information content (AvgIpc) is 1.61. The second-order valence-corrected chi connectivity index (χ2v) is 2.22. The fraction of sp³-hybridized carbons (Fsp3) is 1.00. The van der Waals surface area contributed by atoms with Gasteiger partial charge in [0.25, 0.3) is 0 Å². The lowest BCUT2D eigenvalue weighted by atomic mass is 10.9. The average molecular weight is 106 g/mol. The van der Waals surface area contributed by atoms with Crippen molar-refractivity contribution in [3.05, 3.63) is 0 Å². The van der Waals surface area contributed by atoms with Crippen molar-refractivity contribution >= 4 is 8.81 Å². The lowest BCUT2D eigenvalue weighted by molar-refractivity contribution is 0.390. The summed E-state index contributed by atoms with van der Waals surface area (Å²) in [4.78, 5) is 0. The summed E-state index contributed by atoms with van der Waals surface area (Å²) in [6.07, 6.45) is 1.16. The first kappa shape index (κ1) is 6.39. The van der Waals surface area contributed by atoms with Crippen molar-refractivity contribution in [3.8, 4) is 0 Å². The molecule has 0 saturated heterocycles. The minimum absolute atomic E-state index is 0.715. The first-order chi connectivity index (χ1) is 2.91. The molecule has 0 amide bonds. The zero-order valence-electron chi connectivity index (χ0n) is 4.32. The summed E-state index contributed by atoms with van der Waals surface area (Å²) in [5.41, 5.74) is 0. The van der Waals surface area contributed by atoms with Crippen LogP contribution >= 0.6 is 8.81 Å². The molecule has 0 radical (unpaired) electrons. The third-order valence-electron chi connectivity index (χ3n) is 0.391. The lowest BCUT2D eigenvalue weighted by Gasteiger charge is -1.91. The Bertz CT molecular complexity index is 19.5. The smallest absolute Gasteiger partial charge is 0.0477 e. The standard InChI is InChI=1S/C4H11OP/c1-3-5-6-4-2/h6H,3-4H2,1-2H3. The lowest BCUT2D eigenvalue weighted by Crippen LogP contribution is -1.72. The molecule has 0 N–H and O–H groups in total. The van der Waals surface area contributed by atoms with Crippen molar-refractivity contribution in [3.63, 3.8) is 0 Å². The molecule has 0 aromatic heterocycles. The Hall–Kier alpha value is 0.390. The molecule has 1 atom stereocenters. The zero-order chi connectivity index (χ0) is 4.83. The van der Waals surface area contributed by atoms with Crippen LogP contribution in [0.2, 0.25) is 0 Å². The Kier molecular flexibility index (Phi) is 5.74. The van der Waals surface area contributed by atoms with Crippen LogP contribution in [0.1, 0.15) is 13.8 Å². The van der Waals surface area contributed by atoms with Gasteiger partial charge in [0, 0.05) is 15.4 Å². The van der Waals surface area contributed by atoms with Gasteiger partial charge >= 0.3 is 0 Å². The Balaban J connectivity index is 2.34. The third-order valence-corrected chi connectivity index (χ3v) is 1.17. The van der Waals surface area contributed by atoms with Gasteiger partial charge in [-0.1, -0.05) is 6.92 Å². The number of hydrogen-bond acceptors (Lipinski definition) is 1. The Morgan fingerprint density at radius 3 is 2.33 bits per heavy atom. The molecule has 2 heteroatoms. The van der Waals surface area contributed by atoms with Gasteiger partial charge in [-0.2, -0.15) is 0 Å². The van der Waals surface area contributed by atoms with Gasteiger partial charge in [-0.15, -0.1) is 0 Å². The normalized spacial score (nSPS) is 11.0. The SMILES string of the molecule is CCOPCC. The van der Waals surface area contributed by atoms with Crippen molar-refractivity contribution in [2.75, 3.05) is 12.8 Å². The fourth-order valence-electron chi connectivity index (χ4n) is 0.204. The summed E-state index contributed by atoms with van der Waals surface area (Å²) in [5, 5.41) is 0. The maximum Gasteiger partial charge on any atom is 0.0477 e. The first-order valence-electron chi connectivity index (χ1n) is 2.26. The molecule has 0 aromatic rings. The highest BCUT2D eigenvalue weighted by Gasteiger charge is 1.72. The van der Waals surface area contributed by atoms with E-state index in [-0.39, 0.29) is 0 Å². The summed E-state index contributed by atoms with van der Waals surface area (Å²) >= 11 is 0. The van der Waals surface area contributed by atoms with E-state index in [1.165, 1.54) is 0 Å². The van der Waals surface area contributed by atoms with Crippen molar-refractivity contribution in [2.45, 2.75) is 13.8 Å². The fourth-order valence-corrected chi connectivity index (χ4v) is 0.612. The second kappa shape index (κ2) is 5.39. The van der Waals surface area contributed by atoms with Crippen LogP contribution in [0.4, 0.5) is 0 Å². The molecule has 0 fully saturated rings. The summed E-state index contributed by atoms with van der Waals surface area (Å²) in [6, 6.07) is 0. The van der Waals surface area contributed by atoms with Gasteiger partial charge in [0.15, 0.2) is 0 Å². The molecule has 1 unspecified atom stereocenters. The summed E-state index contributed by atoms with van der Waals surface area (Å²) in [5.74, 6) is 0. The van der Waals surface area contributed by atoms with Crippen LogP contribution in [0.15, 0.2) is 0 Å². The zero-order valence-corrected chi connectivity index (χ0v) is 5.32. The van der Waals surface area contributed by atoms with Crippen LogP contribution in [0.25, 0.3) is 0 Å². The molecule has 38 valence electrons. The summed E-state index contributed by atoms with van der Waals surface area (Å²) in [6.45, 7) is 5.00. The van der Waals surface area contributed by atoms with E-state index in [1.807, 2.05) is 6.92 Å². The predicted octanol–water partition coefficient (Wildman–Crippen LogP) is 1.64. The van der Waals surface area contributed by atoms with Crippen molar-refractivity contribution < 1.29 is 4.52 Å². The van der Waals surface area contributed by atoms with E-state index in [1.54, 1.807) is 0 Å². The third kappa shape index (κ3) is 4.39. The monoisotopic (exact) mass is 106 g/mol. The van der Waals surface area contributed by atoms with Crippen LogP contribution in [0.5, 0.6) is 0 Å². The van der Waals surface area contributed by atoms with E-state index >= 15 is 0 Å². The summed E-state index contributed by atoms with van der Waals surface area (Å²) < 4.78 is 5.01. The Morgan fingerprint density at radius 2 is 2.17 bits per heavy atom. The summed E-state index contributed by atoms with van der Waals surface area (Å²) in [7, 11) is 0.715. The van der Waals surface area contributed by atoms with Crippen molar-refractivity contribution in [2.24, 2.45) is 0 Å². The minimum atomic E-state index is 0.715. The Labute approximate surface area is 40.9 Å². The first-order valence-corrected chi connectivity index (χ1v) is 3.38. The van der Waals surface area contributed by atoms with Crippen LogP contribution in [-0.2, 0) is 4.52 Å². The molecule has 0 bridgehead atoms. The van der Waals surface area contributed by atoms with E-state index < -0.39 is 0 Å². The van der Waals surface area contributed by atoms with Gasteiger partial charge in [-0.05, 0) is 13.1 Å². The van der Waals surface area contributed by atoms with E-state index in [2.05, 4.69) is 6.92 Å². The van der Waals surface area contributed by atoms with Crippen LogP contribution < -0.4 is 0 Å². The van der Waals surface area contributed by atoms with Crippen LogP contribution in [0, 0.1) is 0 Å². The molecule has 6 heavy (non-hydrogen) atoms. The van der Waals surface area contributed by atoms with E-state index in [4.69, 9.17) is 4.52 Å². The van der Waals surface area contributed by atoms with E-state index in [0.29, 0.717) is 8.81 Å². The Morgan fingerprint density at radius 1 is 1.50 bits per heavy atom. The second-order valence-electron chi connectivity index (χ2n) is 0.931. The van der Waals surface area contributed by atoms with Gasteiger partial charge in [-0.3, -0.25) is 0 Å². The molecular formula is C4H11OP. The highest BCUT2D eigenvalue weighted by molar-refractivity contribution is 7.32. The molecule has 0 aliphatic rings. The van der Waals surface area contributed by atoms with Gasteiger partial charge in [-0.25, -0.2) is 0 Å². The van der Waals surface area contributed by atoms with Crippen LogP contribution in [0.3, 0.4) is 0 Å². The number of rotatable bonds is 3. The molecule has 0 aromatic carbocycles. The maximum absolute atomic E-state index is 5.01. The quantitative estimate of drug-likeness (QED) is 0.392. The van der Waals surface area contributed by atoms with Gasteiger partial charge in [0.2, 0.25) is 0 Å². The van der Waals surface area contributed by atoms with Gasteiger partial charge in [0.05, 0.1) is 0 Å². The maximum atomic E-state index is 5.01. The predicted molar refractivity (Wildman–Crippen MR) is 30.5 cm³/mol.